The van der Waals surface area contributed by atoms with Gasteiger partial charge in [-0.15, -0.1) is 0 Å². The average molecular weight is 305 g/mol. The largest absolute Gasteiger partial charge is 0.463 e. The summed E-state index contributed by atoms with van der Waals surface area (Å²) in [5.74, 6) is -8.49. The second-order valence-corrected chi connectivity index (χ2v) is 3.43. The third kappa shape index (κ3) is 3.75. The Kier molecular flexibility index (Phi) is 4.46. The summed E-state index contributed by atoms with van der Waals surface area (Å²) in [5.41, 5.74) is -0.430. The standard InChI is InChI=1S/C10H6F7NO2/c11-8(12)20-6-3-1-5(2-4-6)18-7(19)9(13,14)10(15,16)17/h1-4,8H,(H,18,19). The van der Waals surface area contributed by atoms with Crippen LogP contribution in [-0.2, 0) is 4.79 Å². The van der Waals surface area contributed by atoms with Crippen molar-refractivity contribution in [1.82, 2.24) is 0 Å². The summed E-state index contributed by atoms with van der Waals surface area (Å²) in [6.07, 6.45) is -6.03. The Balaban J connectivity index is 2.77. The quantitative estimate of drug-likeness (QED) is 0.866. The smallest absolute Gasteiger partial charge is 0.435 e. The van der Waals surface area contributed by atoms with E-state index in [0.29, 0.717) is 0 Å². The van der Waals surface area contributed by atoms with Gasteiger partial charge in [-0.05, 0) is 24.3 Å². The molecule has 1 amide bonds. The van der Waals surface area contributed by atoms with Crippen LogP contribution in [0.4, 0.5) is 36.4 Å². The number of anilines is 1. The minimum absolute atomic E-state index is 0.347. The zero-order valence-electron chi connectivity index (χ0n) is 9.35. The summed E-state index contributed by atoms with van der Waals surface area (Å²) in [7, 11) is 0. The highest BCUT2D eigenvalue weighted by Gasteiger charge is 2.63. The molecule has 3 nitrogen and oxygen atoms in total. The predicted molar refractivity (Wildman–Crippen MR) is 52.7 cm³/mol. The van der Waals surface area contributed by atoms with Crippen molar-refractivity contribution in [2.24, 2.45) is 0 Å². The van der Waals surface area contributed by atoms with Crippen molar-refractivity contribution in [3.05, 3.63) is 24.3 Å². The first-order valence-corrected chi connectivity index (χ1v) is 4.85. The van der Waals surface area contributed by atoms with Gasteiger partial charge in [-0.1, -0.05) is 0 Å². The van der Waals surface area contributed by atoms with E-state index in [1.807, 2.05) is 0 Å². The van der Waals surface area contributed by atoms with Crippen molar-refractivity contribution in [2.45, 2.75) is 18.7 Å². The zero-order chi connectivity index (χ0) is 15.6. The van der Waals surface area contributed by atoms with Crippen LogP contribution in [0.5, 0.6) is 5.75 Å². The summed E-state index contributed by atoms with van der Waals surface area (Å²) in [6, 6.07) is 3.41. The Hall–Kier alpha value is -2.00. The lowest BCUT2D eigenvalue weighted by molar-refractivity contribution is -0.267. The molecule has 0 aliphatic rings. The van der Waals surface area contributed by atoms with Crippen molar-refractivity contribution < 1.29 is 40.3 Å². The van der Waals surface area contributed by atoms with Crippen molar-refractivity contribution in [3.8, 4) is 5.75 Å². The monoisotopic (exact) mass is 305 g/mol. The van der Waals surface area contributed by atoms with Crippen molar-refractivity contribution in [2.75, 3.05) is 5.32 Å². The minimum Gasteiger partial charge on any atom is -0.435 e. The molecule has 0 bridgehead atoms. The molecular weight excluding hydrogens is 299 g/mol. The molecule has 0 fully saturated rings. The molecule has 1 aromatic rings. The van der Waals surface area contributed by atoms with E-state index >= 15 is 0 Å². The van der Waals surface area contributed by atoms with Crippen LogP contribution in [0.2, 0.25) is 0 Å². The van der Waals surface area contributed by atoms with Crippen LogP contribution in [0.15, 0.2) is 24.3 Å². The molecule has 0 spiro atoms. The molecular formula is C10H6F7NO2. The Morgan fingerprint density at radius 1 is 1.05 bits per heavy atom. The van der Waals surface area contributed by atoms with Crippen molar-refractivity contribution >= 4 is 11.6 Å². The van der Waals surface area contributed by atoms with Crippen LogP contribution in [0.3, 0.4) is 0 Å². The number of hydrogen-bond acceptors (Lipinski definition) is 2. The third-order valence-corrected chi connectivity index (χ3v) is 1.98. The Labute approximate surface area is 107 Å². The molecule has 112 valence electrons. The van der Waals surface area contributed by atoms with E-state index in [1.165, 1.54) is 5.32 Å². The van der Waals surface area contributed by atoms with Gasteiger partial charge in [0.15, 0.2) is 0 Å². The second-order valence-electron chi connectivity index (χ2n) is 3.43. The number of ether oxygens (including phenoxy) is 1. The fraction of sp³-hybridized carbons (Fsp3) is 0.300. The molecule has 1 N–H and O–H groups in total. The number of benzene rings is 1. The van der Waals surface area contributed by atoms with E-state index < -0.39 is 30.3 Å². The molecule has 0 unspecified atom stereocenters. The van der Waals surface area contributed by atoms with Crippen LogP contribution >= 0.6 is 0 Å². The van der Waals surface area contributed by atoms with E-state index in [4.69, 9.17) is 0 Å². The number of carbonyl (C=O) groups excluding carboxylic acids is 1. The number of halogens is 7. The summed E-state index contributed by atoms with van der Waals surface area (Å²) in [6.45, 7) is -3.12. The van der Waals surface area contributed by atoms with Crippen LogP contribution in [0.25, 0.3) is 0 Å². The van der Waals surface area contributed by atoms with Gasteiger partial charge in [-0.2, -0.15) is 30.7 Å². The number of rotatable bonds is 4. The van der Waals surface area contributed by atoms with Crippen LogP contribution in [0.1, 0.15) is 0 Å². The molecule has 0 atom stereocenters. The van der Waals surface area contributed by atoms with E-state index in [1.54, 1.807) is 0 Å². The third-order valence-electron chi connectivity index (χ3n) is 1.98. The highest BCUT2D eigenvalue weighted by atomic mass is 19.4. The van der Waals surface area contributed by atoms with Gasteiger partial charge >= 0.3 is 24.6 Å². The zero-order valence-corrected chi connectivity index (χ0v) is 9.35. The average Bonchev–Trinajstić information content (AvgIpc) is 2.29. The first kappa shape index (κ1) is 16.1. The lowest BCUT2D eigenvalue weighted by Gasteiger charge is -2.18. The van der Waals surface area contributed by atoms with Crippen LogP contribution in [-0.4, -0.2) is 24.6 Å². The van der Waals surface area contributed by atoms with Gasteiger partial charge in [0, 0.05) is 5.69 Å². The number of nitrogens with one attached hydrogen (secondary N) is 1. The summed E-state index contributed by atoms with van der Waals surface area (Å²) < 4.78 is 88.4. The lowest BCUT2D eigenvalue weighted by Crippen LogP contribution is -2.47. The molecule has 1 aromatic carbocycles. The van der Waals surface area contributed by atoms with Crippen LogP contribution in [0, 0.1) is 0 Å². The van der Waals surface area contributed by atoms with Gasteiger partial charge in [0.25, 0.3) is 0 Å². The molecule has 20 heavy (non-hydrogen) atoms. The summed E-state index contributed by atoms with van der Waals surface area (Å²) in [5, 5.41) is 1.32. The van der Waals surface area contributed by atoms with E-state index in [-0.39, 0.29) is 5.75 Å². The molecule has 0 aromatic heterocycles. The fourth-order valence-corrected chi connectivity index (χ4v) is 1.06. The Morgan fingerprint density at radius 2 is 1.55 bits per heavy atom. The number of carbonyl (C=O) groups is 1. The second kappa shape index (κ2) is 5.55. The first-order valence-electron chi connectivity index (χ1n) is 4.85. The molecule has 0 radical (unpaired) electrons. The lowest BCUT2D eigenvalue weighted by atomic mass is 10.2. The SMILES string of the molecule is O=C(Nc1ccc(OC(F)F)cc1)C(F)(F)C(F)(F)F. The van der Waals surface area contributed by atoms with Gasteiger partial charge in [0.05, 0.1) is 0 Å². The highest BCUT2D eigenvalue weighted by Crippen LogP contribution is 2.36. The summed E-state index contributed by atoms with van der Waals surface area (Å²) in [4.78, 5) is 10.8. The molecule has 0 aliphatic heterocycles. The molecule has 10 heteroatoms. The van der Waals surface area contributed by atoms with E-state index in [9.17, 15) is 35.5 Å². The van der Waals surface area contributed by atoms with Gasteiger partial charge < -0.3 is 10.1 Å². The molecule has 1 rings (SSSR count). The van der Waals surface area contributed by atoms with Crippen molar-refractivity contribution in [3.63, 3.8) is 0 Å². The van der Waals surface area contributed by atoms with Gasteiger partial charge in [0.1, 0.15) is 5.75 Å². The predicted octanol–water partition coefficient (Wildman–Crippen LogP) is 3.42. The number of hydrogen-bond donors (Lipinski definition) is 1. The van der Waals surface area contributed by atoms with Crippen LogP contribution < -0.4 is 10.1 Å². The maximum atomic E-state index is 12.6. The summed E-state index contributed by atoms with van der Waals surface area (Å²) >= 11 is 0. The maximum Gasteiger partial charge on any atom is 0.463 e. The minimum atomic E-state index is -6.03. The van der Waals surface area contributed by atoms with Gasteiger partial charge in [-0.3, -0.25) is 4.79 Å². The number of alkyl halides is 7. The molecule has 0 heterocycles. The van der Waals surface area contributed by atoms with E-state index in [0.717, 1.165) is 24.3 Å². The normalized spacial score (nSPS) is 12.4. The topological polar surface area (TPSA) is 38.3 Å². The van der Waals surface area contributed by atoms with Gasteiger partial charge in [-0.25, -0.2) is 0 Å². The number of amides is 1. The van der Waals surface area contributed by atoms with E-state index in [2.05, 4.69) is 4.74 Å². The van der Waals surface area contributed by atoms with Gasteiger partial charge in [0.2, 0.25) is 0 Å². The Morgan fingerprint density at radius 3 is 1.95 bits per heavy atom. The fourth-order valence-electron chi connectivity index (χ4n) is 1.06. The first-order chi connectivity index (χ1) is 9.04. The molecule has 0 aliphatic carbocycles. The highest BCUT2D eigenvalue weighted by molar-refractivity contribution is 5.96. The maximum absolute atomic E-state index is 12.6. The Bertz CT molecular complexity index is 469. The molecule has 0 saturated heterocycles. The molecule has 0 saturated carbocycles. The van der Waals surface area contributed by atoms with Crippen molar-refractivity contribution in [1.29, 1.82) is 0 Å².